The maximum Gasteiger partial charge on any atom is 0.0708 e. The Morgan fingerprint density at radius 1 is 1.00 bits per heavy atom. The zero-order valence-corrected chi connectivity index (χ0v) is 11.5. The van der Waals surface area contributed by atoms with E-state index in [9.17, 15) is 0 Å². The van der Waals surface area contributed by atoms with Crippen molar-refractivity contribution in [2.45, 2.75) is 13.3 Å². The summed E-state index contributed by atoms with van der Waals surface area (Å²) >= 11 is 5.90. The summed E-state index contributed by atoms with van der Waals surface area (Å²) in [5.74, 6) is 0. The second kappa shape index (κ2) is 5.02. The summed E-state index contributed by atoms with van der Waals surface area (Å²) in [4.78, 5) is 4.72. The van der Waals surface area contributed by atoms with Gasteiger partial charge in [0.1, 0.15) is 0 Å². The molecule has 2 aromatic carbocycles. The Hall–Kier alpha value is -1.86. The Balaban J connectivity index is 1.99. The standard InChI is InChI=1S/C17H14ClN/c1-12-10-15(11-13-6-8-14(18)9-7-13)19-17-5-3-2-4-16(12)17/h2-10H,11H2,1H3. The van der Waals surface area contributed by atoms with Gasteiger partial charge in [0.15, 0.2) is 0 Å². The Bertz CT molecular complexity index is 717. The van der Waals surface area contributed by atoms with Gasteiger partial charge in [0.05, 0.1) is 5.52 Å². The van der Waals surface area contributed by atoms with Gasteiger partial charge in [-0.1, -0.05) is 41.9 Å². The van der Waals surface area contributed by atoms with Gasteiger partial charge in [-0.05, 0) is 42.3 Å². The van der Waals surface area contributed by atoms with Crippen molar-refractivity contribution in [2.75, 3.05) is 0 Å². The number of hydrogen-bond acceptors (Lipinski definition) is 1. The normalized spacial score (nSPS) is 10.8. The molecular formula is C17H14ClN. The summed E-state index contributed by atoms with van der Waals surface area (Å²) in [6.07, 6.45) is 0.836. The maximum atomic E-state index is 5.90. The summed E-state index contributed by atoms with van der Waals surface area (Å²) in [6, 6.07) is 18.4. The van der Waals surface area contributed by atoms with E-state index in [-0.39, 0.29) is 0 Å². The molecule has 94 valence electrons. The molecule has 1 aromatic heterocycles. The van der Waals surface area contributed by atoms with Gasteiger partial charge < -0.3 is 0 Å². The van der Waals surface area contributed by atoms with Crippen LogP contribution >= 0.6 is 11.6 Å². The van der Waals surface area contributed by atoms with Gasteiger partial charge >= 0.3 is 0 Å². The van der Waals surface area contributed by atoms with E-state index >= 15 is 0 Å². The second-order valence-corrected chi connectivity index (χ2v) is 5.19. The smallest absolute Gasteiger partial charge is 0.0708 e. The molecule has 0 aliphatic carbocycles. The van der Waals surface area contributed by atoms with Crippen molar-refractivity contribution in [1.82, 2.24) is 4.98 Å². The molecule has 3 rings (SSSR count). The third-order valence-electron chi connectivity index (χ3n) is 3.27. The lowest BCUT2D eigenvalue weighted by atomic mass is 10.0. The van der Waals surface area contributed by atoms with Crippen molar-refractivity contribution in [2.24, 2.45) is 0 Å². The zero-order chi connectivity index (χ0) is 13.2. The van der Waals surface area contributed by atoms with Gasteiger partial charge in [-0.3, -0.25) is 4.98 Å². The fraction of sp³-hybridized carbons (Fsp3) is 0.118. The number of rotatable bonds is 2. The van der Waals surface area contributed by atoms with E-state index in [1.165, 1.54) is 16.5 Å². The van der Waals surface area contributed by atoms with Crippen LogP contribution in [0.25, 0.3) is 10.9 Å². The lowest BCUT2D eigenvalue weighted by Crippen LogP contribution is -1.94. The van der Waals surface area contributed by atoms with Crippen LogP contribution in [0.5, 0.6) is 0 Å². The van der Waals surface area contributed by atoms with Crippen molar-refractivity contribution in [1.29, 1.82) is 0 Å². The van der Waals surface area contributed by atoms with Crippen LogP contribution in [-0.4, -0.2) is 4.98 Å². The van der Waals surface area contributed by atoms with Crippen LogP contribution in [0.1, 0.15) is 16.8 Å². The molecule has 0 radical (unpaired) electrons. The van der Waals surface area contributed by atoms with Crippen LogP contribution in [-0.2, 0) is 6.42 Å². The Morgan fingerprint density at radius 3 is 2.53 bits per heavy atom. The van der Waals surface area contributed by atoms with Crippen molar-refractivity contribution in [3.8, 4) is 0 Å². The average Bonchev–Trinajstić information content (AvgIpc) is 2.42. The third kappa shape index (κ3) is 2.61. The van der Waals surface area contributed by atoms with Crippen LogP contribution in [0.15, 0.2) is 54.6 Å². The van der Waals surface area contributed by atoms with Crippen LogP contribution in [0, 0.1) is 6.92 Å². The molecule has 0 atom stereocenters. The second-order valence-electron chi connectivity index (χ2n) is 4.75. The Morgan fingerprint density at radius 2 is 1.74 bits per heavy atom. The summed E-state index contributed by atoms with van der Waals surface area (Å²) in [7, 11) is 0. The number of fused-ring (bicyclic) bond motifs is 1. The molecule has 2 heteroatoms. The number of benzene rings is 2. The molecule has 1 heterocycles. The van der Waals surface area contributed by atoms with Gasteiger partial charge in [0.2, 0.25) is 0 Å². The Kier molecular flexibility index (Phi) is 3.22. The molecule has 1 nitrogen and oxygen atoms in total. The van der Waals surface area contributed by atoms with Crippen molar-refractivity contribution >= 4 is 22.5 Å². The quantitative estimate of drug-likeness (QED) is 0.651. The highest BCUT2D eigenvalue weighted by Gasteiger charge is 2.03. The topological polar surface area (TPSA) is 12.9 Å². The minimum atomic E-state index is 0.770. The molecule has 0 saturated heterocycles. The lowest BCUT2D eigenvalue weighted by Gasteiger charge is -2.06. The molecular weight excluding hydrogens is 254 g/mol. The molecule has 0 aliphatic heterocycles. The van der Waals surface area contributed by atoms with E-state index in [4.69, 9.17) is 16.6 Å². The van der Waals surface area contributed by atoms with E-state index < -0.39 is 0 Å². The molecule has 0 spiro atoms. The number of halogens is 1. The minimum absolute atomic E-state index is 0.770. The first kappa shape index (κ1) is 12.2. The molecule has 0 unspecified atom stereocenters. The van der Waals surface area contributed by atoms with Crippen LogP contribution in [0.3, 0.4) is 0 Å². The van der Waals surface area contributed by atoms with E-state index in [0.717, 1.165) is 22.7 Å². The highest BCUT2D eigenvalue weighted by atomic mass is 35.5. The average molecular weight is 268 g/mol. The molecule has 0 fully saturated rings. The van der Waals surface area contributed by atoms with Crippen LogP contribution in [0.2, 0.25) is 5.02 Å². The van der Waals surface area contributed by atoms with E-state index in [1.54, 1.807) is 0 Å². The van der Waals surface area contributed by atoms with E-state index in [1.807, 2.05) is 18.2 Å². The SMILES string of the molecule is Cc1cc(Cc2ccc(Cl)cc2)nc2ccccc12. The maximum absolute atomic E-state index is 5.90. The van der Waals surface area contributed by atoms with Crippen molar-refractivity contribution < 1.29 is 0 Å². The molecule has 0 bridgehead atoms. The van der Waals surface area contributed by atoms with Gasteiger partial charge in [-0.15, -0.1) is 0 Å². The van der Waals surface area contributed by atoms with E-state index in [2.05, 4.69) is 43.3 Å². The number of para-hydroxylation sites is 1. The summed E-state index contributed by atoms with van der Waals surface area (Å²) in [5, 5.41) is 1.99. The molecule has 19 heavy (non-hydrogen) atoms. The largest absolute Gasteiger partial charge is 0.252 e. The monoisotopic (exact) mass is 267 g/mol. The first-order chi connectivity index (χ1) is 9.22. The summed E-state index contributed by atoms with van der Waals surface area (Å²) in [5.41, 5.74) is 4.66. The Labute approximate surface area is 117 Å². The third-order valence-corrected chi connectivity index (χ3v) is 3.53. The zero-order valence-electron chi connectivity index (χ0n) is 10.7. The molecule has 0 N–H and O–H groups in total. The molecule has 3 aromatic rings. The van der Waals surface area contributed by atoms with Crippen molar-refractivity contribution in [3.63, 3.8) is 0 Å². The number of aryl methyl sites for hydroxylation is 1. The lowest BCUT2D eigenvalue weighted by molar-refractivity contribution is 1.09. The summed E-state index contributed by atoms with van der Waals surface area (Å²) in [6.45, 7) is 2.13. The number of pyridine rings is 1. The number of hydrogen-bond donors (Lipinski definition) is 0. The molecule has 0 saturated carbocycles. The van der Waals surface area contributed by atoms with Gasteiger partial charge in [0.25, 0.3) is 0 Å². The van der Waals surface area contributed by atoms with E-state index in [0.29, 0.717) is 0 Å². The fourth-order valence-electron chi connectivity index (χ4n) is 2.32. The van der Waals surface area contributed by atoms with Gasteiger partial charge in [-0.25, -0.2) is 0 Å². The van der Waals surface area contributed by atoms with Gasteiger partial charge in [-0.2, -0.15) is 0 Å². The van der Waals surface area contributed by atoms with Crippen molar-refractivity contribution in [3.05, 3.63) is 76.4 Å². The highest BCUT2D eigenvalue weighted by molar-refractivity contribution is 6.30. The van der Waals surface area contributed by atoms with Gasteiger partial charge in [0, 0.05) is 22.5 Å². The fourth-order valence-corrected chi connectivity index (χ4v) is 2.45. The first-order valence-electron chi connectivity index (χ1n) is 6.32. The molecule has 0 aliphatic rings. The number of aromatic nitrogens is 1. The van der Waals surface area contributed by atoms with Crippen LogP contribution in [0.4, 0.5) is 0 Å². The highest BCUT2D eigenvalue weighted by Crippen LogP contribution is 2.19. The summed E-state index contributed by atoms with van der Waals surface area (Å²) < 4.78 is 0. The van der Waals surface area contributed by atoms with Crippen LogP contribution < -0.4 is 0 Å². The predicted octanol–water partition coefficient (Wildman–Crippen LogP) is 4.79. The predicted molar refractivity (Wildman–Crippen MR) is 80.7 cm³/mol. The molecule has 0 amide bonds. The minimum Gasteiger partial charge on any atom is -0.252 e. The first-order valence-corrected chi connectivity index (χ1v) is 6.70. The number of nitrogens with zero attached hydrogens (tertiary/aromatic N) is 1.